The van der Waals surface area contributed by atoms with Crippen LogP contribution >= 0.6 is 0 Å². The van der Waals surface area contributed by atoms with Crippen molar-refractivity contribution in [3.05, 3.63) is 115 Å². The van der Waals surface area contributed by atoms with Crippen LogP contribution in [0.5, 0.6) is 11.5 Å². The zero-order chi connectivity index (χ0) is 20.6. The Balaban J connectivity index is 1.64. The molecule has 0 saturated carbocycles. The SMILES string of the molecule is c1ccc(-c2c3ccccc3c(Oc3ccc4ccccc4c3)c3cccnc23)cc1. The second kappa shape index (κ2) is 7.26. The standard InChI is InChI=1S/C29H19NO/c1-2-10-21(11-3-1)27-24-13-6-7-14-25(24)29(26-15-8-18-30-28(26)27)31-23-17-16-20-9-4-5-12-22(20)19-23/h1-19H. The zero-order valence-corrected chi connectivity index (χ0v) is 16.8. The van der Waals surface area contributed by atoms with Crippen LogP contribution in [0.3, 0.4) is 0 Å². The first-order valence-corrected chi connectivity index (χ1v) is 10.4. The van der Waals surface area contributed by atoms with E-state index in [9.17, 15) is 0 Å². The number of ether oxygens (including phenoxy) is 1. The van der Waals surface area contributed by atoms with Crippen molar-refractivity contribution in [3.63, 3.8) is 0 Å². The highest BCUT2D eigenvalue weighted by Crippen LogP contribution is 2.43. The fourth-order valence-corrected chi connectivity index (χ4v) is 4.32. The van der Waals surface area contributed by atoms with Crippen molar-refractivity contribution >= 4 is 32.4 Å². The Hall–Kier alpha value is -4.17. The van der Waals surface area contributed by atoms with E-state index in [1.807, 2.05) is 24.4 Å². The maximum absolute atomic E-state index is 6.56. The smallest absolute Gasteiger partial charge is 0.144 e. The summed E-state index contributed by atoms with van der Waals surface area (Å²) in [6.07, 6.45) is 1.85. The molecule has 5 aromatic carbocycles. The van der Waals surface area contributed by atoms with Gasteiger partial charge in [0.2, 0.25) is 0 Å². The van der Waals surface area contributed by atoms with E-state index in [2.05, 4.69) is 91.0 Å². The number of benzene rings is 5. The quantitative estimate of drug-likeness (QED) is 0.282. The molecule has 2 heteroatoms. The summed E-state index contributed by atoms with van der Waals surface area (Å²) in [7, 11) is 0. The molecule has 0 unspecified atom stereocenters. The molecule has 0 amide bonds. The Labute approximate surface area is 180 Å². The van der Waals surface area contributed by atoms with E-state index in [4.69, 9.17) is 9.72 Å². The summed E-state index contributed by atoms with van der Waals surface area (Å²) in [5.74, 6) is 1.66. The lowest BCUT2D eigenvalue weighted by atomic mass is 9.94. The number of fused-ring (bicyclic) bond motifs is 3. The molecule has 0 saturated heterocycles. The van der Waals surface area contributed by atoms with Gasteiger partial charge in [-0.2, -0.15) is 0 Å². The average molecular weight is 397 g/mol. The number of rotatable bonds is 3. The molecule has 31 heavy (non-hydrogen) atoms. The van der Waals surface area contributed by atoms with Crippen LogP contribution in [0.25, 0.3) is 43.6 Å². The van der Waals surface area contributed by atoms with Crippen LogP contribution in [0, 0.1) is 0 Å². The second-order valence-corrected chi connectivity index (χ2v) is 7.63. The summed E-state index contributed by atoms with van der Waals surface area (Å²) >= 11 is 0. The highest BCUT2D eigenvalue weighted by molar-refractivity contribution is 6.15. The van der Waals surface area contributed by atoms with Gasteiger partial charge in [-0.05, 0) is 46.0 Å². The van der Waals surface area contributed by atoms with Crippen LogP contribution in [0.2, 0.25) is 0 Å². The maximum Gasteiger partial charge on any atom is 0.144 e. The molecule has 1 heterocycles. The lowest BCUT2D eigenvalue weighted by molar-refractivity contribution is 0.494. The van der Waals surface area contributed by atoms with Crippen molar-refractivity contribution in [1.82, 2.24) is 4.98 Å². The molecule has 6 aromatic rings. The van der Waals surface area contributed by atoms with E-state index >= 15 is 0 Å². The van der Waals surface area contributed by atoms with Crippen molar-refractivity contribution in [2.24, 2.45) is 0 Å². The lowest BCUT2D eigenvalue weighted by Crippen LogP contribution is -1.93. The summed E-state index contributed by atoms with van der Waals surface area (Å²) in [5.41, 5.74) is 3.24. The molecule has 2 nitrogen and oxygen atoms in total. The van der Waals surface area contributed by atoms with E-state index in [1.54, 1.807) is 0 Å². The monoisotopic (exact) mass is 397 g/mol. The largest absolute Gasteiger partial charge is 0.456 e. The highest BCUT2D eigenvalue weighted by Gasteiger charge is 2.17. The Morgan fingerprint density at radius 1 is 0.548 bits per heavy atom. The van der Waals surface area contributed by atoms with Crippen molar-refractivity contribution in [2.45, 2.75) is 0 Å². The van der Waals surface area contributed by atoms with Gasteiger partial charge in [0.25, 0.3) is 0 Å². The topological polar surface area (TPSA) is 22.1 Å². The van der Waals surface area contributed by atoms with Gasteiger partial charge in [0.1, 0.15) is 11.5 Å². The number of pyridine rings is 1. The molecule has 1 aromatic heterocycles. The molecule has 0 N–H and O–H groups in total. The molecular weight excluding hydrogens is 378 g/mol. The fourth-order valence-electron chi connectivity index (χ4n) is 4.32. The number of aromatic nitrogens is 1. The average Bonchev–Trinajstić information content (AvgIpc) is 2.84. The van der Waals surface area contributed by atoms with Crippen molar-refractivity contribution in [2.75, 3.05) is 0 Å². The van der Waals surface area contributed by atoms with Crippen LogP contribution in [0.4, 0.5) is 0 Å². The molecule has 0 atom stereocenters. The van der Waals surface area contributed by atoms with Crippen LogP contribution in [0.15, 0.2) is 115 Å². The molecule has 0 bridgehead atoms. The maximum atomic E-state index is 6.56. The summed E-state index contributed by atoms with van der Waals surface area (Å²) in [4.78, 5) is 4.78. The van der Waals surface area contributed by atoms with Crippen LogP contribution < -0.4 is 4.74 Å². The number of nitrogens with zero attached hydrogens (tertiary/aromatic N) is 1. The third kappa shape index (κ3) is 3.01. The van der Waals surface area contributed by atoms with E-state index in [0.29, 0.717) is 0 Å². The normalized spacial score (nSPS) is 11.2. The second-order valence-electron chi connectivity index (χ2n) is 7.63. The van der Waals surface area contributed by atoms with Crippen LogP contribution in [-0.4, -0.2) is 4.98 Å². The first kappa shape index (κ1) is 17.7. The molecule has 146 valence electrons. The fraction of sp³-hybridized carbons (Fsp3) is 0. The third-order valence-corrected chi connectivity index (χ3v) is 5.73. The Morgan fingerprint density at radius 3 is 2.13 bits per heavy atom. The van der Waals surface area contributed by atoms with Crippen molar-refractivity contribution in [1.29, 1.82) is 0 Å². The first-order valence-electron chi connectivity index (χ1n) is 10.4. The molecule has 0 spiro atoms. The summed E-state index contributed by atoms with van der Waals surface area (Å²) in [5, 5.41) is 5.58. The van der Waals surface area contributed by atoms with Crippen molar-refractivity contribution < 1.29 is 4.74 Å². The zero-order valence-electron chi connectivity index (χ0n) is 16.8. The van der Waals surface area contributed by atoms with Crippen LogP contribution in [-0.2, 0) is 0 Å². The molecule has 0 fully saturated rings. The molecular formula is C29H19NO. The molecule has 6 rings (SSSR count). The van der Waals surface area contributed by atoms with Gasteiger partial charge in [0, 0.05) is 22.5 Å². The van der Waals surface area contributed by atoms with E-state index in [1.165, 1.54) is 5.39 Å². The van der Waals surface area contributed by atoms with Gasteiger partial charge in [-0.15, -0.1) is 0 Å². The van der Waals surface area contributed by atoms with Gasteiger partial charge in [-0.1, -0.05) is 84.9 Å². The van der Waals surface area contributed by atoms with E-state index in [-0.39, 0.29) is 0 Å². The lowest BCUT2D eigenvalue weighted by Gasteiger charge is -2.17. The van der Waals surface area contributed by atoms with Gasteiger partial charge < -0.3 is 4.74 Å². The minimum Gasteiger partial charge on any atom is -0.456 e. The molecule has 0 radical (unpaired) electrons. The van der Waals surface area contributed by atoms with Gasteiger partial charge in [0.15, 0.2) is 0 Å². The summed E-state index contributed by atoms with van der Waals surface area (Å²) in [6.45, 7) is 0. The highest BCUT2D eigenvalue weighted by atomic mass is 16.5. The summed E-state index contributed by atoms with van der Waals surface area (Å²) in [6, 6.07) is 37.5. The van der Waals surface area contributed by atoms with Gasteiger partial charge in [-0.25, -0.2) is 0 Å². The molecule has 0 aliphatic rings. The number of hydrogen-bond acceptors (Lipinski definition) is 2. The van der Waals surface area contributed by atoms with Gasteiger partial charge >= 0.3 is 0 Å². The minimum atomic E-state index is 0.821. The van der Waals surface area contributed by atoms with E-state index in [0.717, 1.165) is 49.7 Å². The Bertz CT molecular complexity index is 1500. The Morgan fingerprint density at radius 2 is 1.26 bits per heavy atom. The van der Waals surface area contributed by atoms with Crippen molar-refractivity contribution in [3.8, 4) is 22.6 Å². The molecule has 0 aliphatic carbocycles. The Kier molecular flexibility index (Phi) is 4.14. The third-order valence-electron chi connectivity index (χ3n) is 5.73. The predicted octanol–water partition coefficient (Wildman–Crippen LogP) is 8.00. The van der Waals surface area contributed by atoms with Gasteiger partial charge in [-0.3, -0.25) is 4.98 Å². The van der Waals surface area contributed by atoms with Crippen LogP contribution in [0.1, 0.15) is 0 Å². The summed E-state index contributed by atoms with van der Waals surface area (Å²) < 4.78 is 6.56. The minimum absolute atomic E-state index is 0.821. The van der Waals surface area contributed by atoms with Gasteiger partial charge in [0.05, 0.1) is 5.52 Å². The first-order chi connectivity index (χ1) is 15.4. The van der Waals surface area contributed by atoms with E-state index < -0.39 is 0 Å². The predicted molar refractivity (Wildman–Crippen MR) is 129 cm³/mol. The molecule has 0 aliphatic heterocycles. The number of hydrogen-bond donors (Lipinski definition) is 0.